The second kappa shape index (κ2) is 5.80. The van der Waals surface area contributed by atoms with E-state index in [4.69, 9.17) is 5.26 Å². The fourth-order valence-corrected chi connectivity index (χ4v) is 1.72. The van der Waals surface area contributed by atoms with Crippen LogP contribution >= 0.6 is 0 Å². The van der Waals surface area contributed by atoms with Crippen LogP contribution in [0.5, 0.6) is 0 Å². The number of para-hydroxylation sites is 1. The Kier molecular flexibility index (Phi) is 3.91. The molecule has 1 atom stereocenters. The molecule has 0 saturated heterocycles. The van der Waals surface area contributed by atoms with Crippen LogP contribution in [-0.4, -0.2) is 15.5 Å². The summed E-state index contributed by atoms with van der Waals surface area (Å²) >= 11 is 0. The van der Waals surface area contributed by atoms with Crippen molar-refractivity contribution in [3.63, 3.8) is 0 Å². The van der Waals surface area contributed by atoms with Crippen molar-refractivity contribution in [2.45, 2.75) is 13.0 Å². The summed E-state index contributed by atoms with van der Waals surface area (Å²) in [6, 6.07) is 9.53. The van der Waals surface area contributed by atoms with Crippen LogP contribution in [0.2, 0.25) is 0 Å². The van der Waals surface area contributed by atoms with E-state index in [0.29, 0.717) is 11.3 Å². The maximum Gasteiger partial charge on any atom is 0.348 e. The average Bonchev–Trinajstić information content (AvgIpc) is 2.47. The molecule has 0 aliphatic carbocycles. The predicted molar refractivity (Wildman–Crippen MR) is 73.0 cm³/mol. The average molecular weight is 268 g/mol. The molecule has 0 aliphatic rings. The van der Waals surface area contributed by atoms with Crippen LogP contribution in [0.1, 0.15) is 18.5 Å². The van der Waals surface area contributed by atoms with Crippen molar-refractivity contribution in [2.75, 3.05) is 5.32 Å². The molecule has 100 valence electrons. The number of carbonyl (C=O) groups is 1. The highest BCUT2D eigenvalue weighted by molar-refractivity contribution is 5.94. The SMILES string of the molecule is CC(C(=O)Nc1ccccc1C#N)n1cccnc1=O. The molecule has 1 N–H and O–H groups in total. The van der Waals surface area contributed by atoms with Crippen LogP contribution in [0.15, 0.2) is 47.5 Å². The molecular formula is C14H12N4O2. The third-order valence-corrected chi connectivity index (χ3v) is 2.84. The zero-order valence-corrected chi connectivity index (χ0v) is 10.8. The molecule has 1 aromatic heterocycles. The normalized spacial score (nSPS) is 11.4. The Morgan fingerprint density at radius 1 is 1.40 bits per heavy atom. The topological polar surface area (TPSA) is 87.8 Å². The zero-order valence-electron chi connectivity index (χ0n) is 10.8. The molecule has 1 heterocycles. The smallest absolute Gasteiger partial charge is 0.323 e. The quantitative estimate of drug-likeness (QED) is 0.909. The highest BCUT2D eigenvalue weighted by atomic mass is 16.2. The molecule has 20 heavy (non-hydrogen) atoms. The van der Waals surface area contributed by atoms with E-state index in [0.717, 1.165) is 0 Å². The summed E-state index contributed by atoms with van der Waals surface area (Å²) < 4.78 is 1.23. The highest BCUT2D eigenvalue weighted by Gasteiger charge is 2.17. The number of benzene rings is 1. The largest absolute Gasteiger partial charge is 0.348 e. The maximum atomic E-state index is 12.1. The van der Waals surface area contributed by atoms with Gasteiger partial charge in [-0.1, -0.05) is 12.1 Å². The van der Waals surface area contributed by atoms with Crippen LogP contribution in [0, 0.1) is 11.3 Å². The Labute approximate surface area is 115 Å². The number of nitrogens with zero attached hydrogens (tertiary/aromatic N) is 3. The van der Waals surface area contributed by atoms with Gasteiger partial charge in [0.1, 0.15) is 12.1 Å². The van der Waals surface area contributed by atoms with Gasteiger partial charge in [-0.2, -0.15) is 5.26 Å². The molecule has 1 aromatic carbocycles. The monoisotopic (exact) mass is 268 g/mol. The van der Waals surface area contributed by atoms with Gasteiger partial charge in [0.25, 0.3) is 0 Å². The minimum absolute atomic E-state index is 0.367. The van der Waals surface area contributed by atoms with Crippen molar-refractivity contribution >= 4 is 11.6 Å². The fraction of sp³-hybridized carbons (Fsp3) is 0.143. The van der Waals surface area contributed by atoms with E-state index >= 15 is 0 Å². The van der Waals surface area contributed by atoms with Crippen LogP contribution in [0.25, 0.3) is 0 Å². The second-order valence-electron chi connectivity index (χ2n) is 4.13. The van der Waals surface area contributed by atoms with Crippen molar-refractivity contribution in [3.05, 3.63) is 58.8 Å². The summed E-state index contributed by atoms with van der Waals surface area (Å²) in [4.78, 5) is 27.3. The lowest BCUT2D eigenvalue weighted by Gasteiger charge is -2.14. The lowest BCUT2D eigenvalue weighted by atomic mass is 10.2. The van der Waals surface area contributed by atoms with Gasteiger partial charge in [0.15, 0.2) is 0 Å². The molecule has 0 radical (unpaired) electrons. The summed E-state index contributed by atoms with van der Waals surface area (Å²) in [5.41, 5.74) is 0.291. The maximum absolute atomic E-state index is 12.1. The van der Waals surface area contributed by atoms with Gasteiger partial charge >= 0.3 is 5.69 Å². The van der Waals surface area contributed by atoms with E-state index in [9.17, 15) is 9.59 Å². The number of anilines is 1. The summed E-state index contributed by atoms with van der Waals surface area (Å²) in [5, 5.41) is 11.6. The Balaban J connectivity index is 2.23. The second-order valence-corrected chi connectivity index (χ2v) is 4.13. The fourth-order valence-electron chi connectivity index (χ4n) is 1.72. The van der Waals surface area contributed by atoms with Crippen LogP contribution in [-0.2, 0) is 4.79 Å². The molecule has 1 amide bonds. The molecule has 2 rings (SSSR count). The van der Waals surface area contributed by atoms with Gasteiger partial charge in [0.2, 0.25) is 5.91 Å². The van der Waals surface area contributed by atoms with Crippen molar-refractivity contribution in [1.29, 1.82) is 5.26 Å². The molecule has 6 heteroatoms. The van der Waals surface area contributed by atoms with E-state index in [2.05, 4.69) is 10.3 Å². The number of carbonyl (C=O) groups excluding carboxylic acids is 1. The van der Waals surface area contributed by atoms with Gasteiger partial charge < -0.3 is 5.32 Å². The highest BCUT2D eigenvalue weighted by Crippen LogP contribution is 2.15. The third-order valence-electron chi connectivity index (χ3n) is 2.84. The summed E-state index contributed by atoms with van der Waals surface area (Å²) in [7, 11) is 0. The van der Waals surface area contributed by atoms with Gasteiger partial charge in [-0.05, 0) is 25.1 Å². The zero-order chi connectivity index (χ0) is 14.5. The minimum Gasteiger partial charge on any atom is -0.323 e. The lowest BCUT2D eigenvalue weighted by Crippen LogP contribution is -2.32. The van der Waals surface area contributed by atoms with Crippen molar-refractivity contribution in [3.8, 4) is 6.07 Å². The van der Waals surface area contributed by atoms with Gasteiger partial charge in [0, 0.05) is 12.4 Å². The molecule has 0 saturated carbocycles. The first-order valence-corrected chi connectivity index (χ1v) is 5.96. The first kappa shape index (κ1) is 13.5. The van der Waals surface area contributed by atoms with Crippen molar-refractivity contribution in [1.82, 2.24) is 9.55 Å². The number of rotatable bonds is 3. The van der Waals surface area contributed by atoms with Gasteiger partial charge in [-0.15, -0.1) is 0 Å². The first-order valence-electron chi connectivity index (χ1n) is 5.96. The Bertz CT molecular complexity index is 730. The molecule has 0 fully saturated rings. The number of nitriles is 1. The lowest BCUT2D eigenvalue weighted by molar-refractivity contribution is -0.118. The molecule has 0 bridgehead atoms. The number of amides is 1. The number of hydrogen-bond acceptors (Lipinski definition) is 4. The summed E-state index contributed by atoms with van der Waals surface area (Å²) in [6.07, 6.45) is 2.87. The van der Waals surface area contributed by atoms with Crippen LogP contribution < -0.4 is 11.0 Å². The van der Waals surface area contributed by atoms with Crippen molar-refractivity contribution < 1.29 is 4.79 Å². The molecule has 0 spiro atoms. The predicted octanol–water partition coefficient (Wildman–Crippen LogP) is 1.31. The number of hydrogen-bond donors (Lipinski definition) is 1. The standard InChI is InChI=1S/C14H12N4O2/c1-10(18-8-4-7-16-14(18)20)13(19)17-12-6-3-2-5-11(12)9-15/h2-8,10H,1H3,(H,17,19). The number of nitrogens with one attached hydrogen (secondary N) is 1. The van der Waals surface area contributed by atoms with Gasteiger partial charge in [0.05, 0.1) is 11.3 Å². The first-order chi connectivity index (χ1) is 9.63. The Morgan fingerprint density at radius 3 is 2.85 bits per heavy atom. The number of aromatic nitrogens is 2. The Morgan fingerprint density at radius 2 is 2.15 bits per heavy atom. The van der Waals surface area contributed by atoms with E-state index in [1.54, 1.807) is 37.3 Å². The molecule has 6 nitrogen and oxygen atoms in total. The minimum atomic E-state index is -0.719. The summed E-state index contributed by atoms with van der Waals surface area (Å²) in [5.74, 6) is -0.386. The third kappa shape index (κ3) is 2.72. The van der Waals surface area contributed by atoms with Crippen LogP contribution in [0.3, 0.4) is 0 Å². The van der Waals surface area contributed by atoms with E-state index in [1.165, 1.54) is 17.0 Å². The molecular weight excluding hydrogens is 256 g/mol. The Hall–Kier alpha value is -2.94. The van der Waals surface area contributed by atoms with E-state index in [1.807, 2.05) is 6.07 Å². The van der Waals surface area contributed by atoms with E-state index < -0.39 is 11.7 Å². The van der Waals surface area contributed by atoms with Gasteiger partial charge in [-0.3, -0.25) is 9.36 Å². The van der Waals surface area contributed by atoms with Crippen LogP contribution in [0.4, 0.5) is 5.69 Å². The van der Waals surface area contributed by atoms with Gasteiger partial charge in [-0.25, -0.2) is 9.78 Å². The van der Waals surface area contributed by atoms with E-state index in [-0.39, 0.29) is 5.91 Å². The molecule has 1 unspecified atom stereocenters. The summed E-state index contributed by atoms with van der Waals surface area (Å²) in [6.45, 7) is 1.59. The molecule has 2 aromatic rings. The molecule has 0 aliphatic heterocycles. The van der Waals surface area contributed by atoms with Crippen molar-refractivity contribution in [2.24, 2.45) is 0 Å².